The van der Waals surface area contributed by atoms with E-state index in [9.17, 15) is 14.4 Å². The van der Waals surface area contributed by atoms with Gasteiger partial charge in [0.15, 0.2) is 6.61 Å². The summed E-state index contributed by atoms with van der Waals surface area (Å²) in [5.74, 6) is -1.00. The molecule has 0 aliphatic carbocycles. The van der Waals surface area contributed by atoms with Crippen molar-refractivity contribution in [1.82, 2.24) is 0 Å². The maximum absolute atomic E-state index is 11.6. The highest BCUT2D eigenvalue weighted by atomic mass is 16.6. The normalized spacial score (nSPS) is 9.75. The van der Waals surface area contributed by atoms with E-state index in [0.717, 1.165) is 6.29 Å². The molecule has 0 bridgehead atoms. The van der Waals surface area contributed by atoms with Gasteiger partial charge in [-0.3, -0.25) is 4.79 Å². The molecule has 0 heterocycles. The molecule has 0 aromatic heterocycles. The lowest BCUT2D eigenvalue weighted by Crippen LogP contribution is -2.19. The van der Waals surface area contributed by atoms with Gasteiger partial charge in [-0.15, -0.1) is 0 Å². The maximum atomic E-state index is 11.6. The third-order valence-corrected chi connectivity index (χ3v) is 2.58. The zero-order valence-corrected chi connectivity index (χ0v) is 11.7. The highest BCUT2D eigenvalue weighted by molar-refractivity contribution is 5.88. The van der Waals surface area contributed by atoms with Crippen molar-refractivity contribution in [2.24, 2.45) is 0 Å². The van der Waals surface area contributed by atoms with E-state index in [1.54, 1.807) is 26.0 Å². The van der Waals surface area contributed by atoms with Gasteiger partial charge in [0.1, 0.15) is 12.0 Å². The predicted molar refractivity (Wildman–Crippen MR) is 72.7 cm³/mol. The molecule has 1 aromatic carbocycles. The summed E-state index contributed by atoms with van der Waals surface area (Å²) >= 11 is 0. The van der Waals surface area contributed by atoms with E-state index in [-0.39, 0.29) is 5.57 Å². The minimum absolute atomic E-state index is 0.208. The Balaban J connectivity index is 2.71. The number of aldehydes is 1. The first-order valence-electron chi connectivity index (χ1n) is 5.95. The summed E-state index contributed by atoms with van der Waals surface area (Å²) in [6, 6.07) is 3.22. The van der Waals surface area contributed by atoms with Crippen LogP contribution >= 0.6 is 0 Å². The van der Waals surface area contributed by atoms with Crippen LogP contribution in [0.4, 0.5) is 0 Å². The first-order chi connectivity index (χ1) is 9.35. The fourth-order valence-electron chi connectivity index (χ4n) is 1.45. The van der Waals surface area contributed by atoms with Crippen LogP contribution in [-0.4, -0.2) is 24.8 Å². The van der Waals surface area contributed by atoms with Gasteiger partial charge in [-0.25, -0.2) is 9.59 Å². The zero-order chi connectivity index (χ0) is 15.3. The molecule has 0 aliphatic rings. The standard InChI is InChI=1S/C15H16O5/c1-9(2)15(18)19-8-14(17)20-13-6-10(3)12(7-16)5-11(13)4/h5-7H,1,8H2,2-4H3. The van der Waals surface area contributed by atoms with Crippen LogP contribution in [0, 0.1) is 13.8 Å². The highest BCUT2D eigenvalue weighted by Gasteiger charge is 2.12. The molecule has 0 amide bonds. The van der Waals surface area contributed by atoms with Gasteiger partial charge in [0.25, 0.3) is 0 Å². The van der Waals surface area contributed by atoms with Gasteiger partial charge in [-0.1, -0.05) is 6.58 Å². The zero-order valence-electron chi connectivity index (χ0n) is 11.7. The van der Waals surface area contributed by atoms with Crippen molar-refractivity contribution in [2.75, 3.05) is 6.61 Å². The van der Waals surface area contributed by atoms with Crippen molar-refractivity contribution in [3.05, 3.63) is 41.0 Å². The van der Waals surface area contributed by atoms with Crippen molar-refractivity contribution in [2.45, 2.75) is 20.8 Å². The van der Waals surface area contributed by atoms with Crippen molar-refractivity contribution in [1.29, 1.82) is 0 Å². The van der Waals surface area contributed by atoms with Crippen LogP contribution in [0.3, 0.4) is 0 Å². The molecule has 0 saturated carbocycles. The minimum Gasteiger partial charge on any atom is -0.450 e. The maximum Gasteiger partial charge on any atom is 0.349 e. The third kappa shape index (κ3) is 4.05. The Kier molecular flexibility index (Phi) is 5.20. The van der Waals surface area contributed by atoms with Gasteiger partial charge in [0, 0.05) is 11.1 Å². The largest absolute Gasteiger partial charge is 0.450 e. The second-order valence-corrected chi connectivity index (χ2v) is 4.42. The molecule has 106 valence electrons. The van der Waals surface area contributed by atoms with Crippen molar-refractivity contribution < 1.29 is 23.9 Å². The number of aryl methyl sites for hydroxylation is 2. The number of hydrogen-bond donors (Lipinski definition) is 0. The lowest BCUT2D eigenvalue weighted by Gasteiger charge is -2.10. The number of carbonyl (C=O) groups is 3. The smallest absolute Gasteiger partial charge is 0.349 e. The van der Waals surface area contributed by atoms with Crippen LogP contribution in [0.25, 0.3) is 0 Å². The second-order valence-electron chi connectivity index (χ2n) is 4.42. The average Bonchev–Trinajstić information content (AvgIpc) is 2.39. The summed E-state index contributed by atoms with van der Waals surface area (Å²) in [6.07, 6.45) is 0.739. The molecular weight excluding hydrogens is 260 g/mol. The SMILES string of the molecule is C=C(C)C(=O)OCC(=O)Oc1cc(C)c(C=O)cc1C. The molecule has 5 nitrogen and oxygen atoms in total. The molecule has 20 heavy (non-hydrogen) atoms. The molecule has 0 aliphatic heterocycles. The second kappa shape index (κ2) is 6.65. The molecule has 0 atom stereocenters. The number of esters is 2. The van der Waals surface area contributed by atoms with Crippen LogP contribution in [0.5, 0.6) is 5.75 Å². The summed E-state index contributed by atoms with van der Waals surface area (Å²) in [5.41, 5.74) is 2.10. The first kappa shape index (κ1) is 15.6. The van der Waals surface area contributed by atoms with Gasteiger partial charge in [-0.05, 0) is 44.0 Å². The van der Waals surface area contributed by atoms with Gasteiger partial charge in [0.2, 0.25) is 0 Å². The Hall–Kier alpha value is -2.43. The van der Waals surface area contributed by atoms with Gasteiger partial charge in [0.05, 0.1) is 0 Å². The predicted octanol–water partition coefficient (Wildman–Crippen LogP) is 2.14. The Morgan fingerprint density at radius 3 is 2.45 bits per heavy atom. The van der Waals surface area contributed by atoms with E-state index >= 15 is 0 Å². The Labute approximate surface area is 117 Å². The topological polar surface area (TPSA) is 69.7 Å². The highest BCUT2D eigenvalue weighted by Crippen LogP contribution is 2.22. The van der Waals surface area contributed by atoms with E-state index in [4.69, 9.17) is 4.74 Å². The molecule has 0 fully saturated rings. The van der Waals surface area contributed by atoms with E-state index in [1.165, 1.54) is 6.92 Å². The fourth-order valence-corrected chi connectivity index (χ4v) is 1.45. The summed E-state index contributed by atoms with van der Waals surface area (Å²) in [5, 5.41) is 0. The first-order valence-corrected chi connectivity index (χ1v) is 5.95. The molecule has 0 saturated heterocycles. The van der Waals surface area contributed by atoms with Crippen LogP contribution in [0.15, 0.2) is 24.3 Å². The fraction of sp³-hybridized carbons (Fsp3) is 0.267. The Bertz CT molecular complexity index is 572. The monoisotopic (exact) mass is 276 g/mol. The lowest BCUT2D eigenvalue weighted by atomic mass is 10.1. The average molecular weight is 276 g/mol. The molecule has 0 radical (unpaired) electrons. The summed E-state index contributed by atoms with van der Waals surface area (Å²) < 4.78 is 9.78. The molecule has 1 rings (SSSR count). The molecule has 0 unspecified atom stereocenters. The lowest BCUT2D eigenvalue weighted by molar-refractivity contribution is -0.150. The summed E-state index contributed by atoms with van der Waals surface area (Å²) in [6.45, 7) is 7.86. The number of ether oxygens (including phenoxy) is 2. The quantitative estimate of drug-likeness (QED) is 0.356. The Morgan fingerprint density at radius 1 is 1.25 bits per heavy atom. The molecular formula is C15H16O5. The number of carbonyl (C=O) groups excluding carboxylic acids is 3. The summed E-state index contributed by atoms with van der Waals surface area (Å²) in [7, 11) is 0. The van der Waals surface area contributed by atoms with Gasteiger partial charge in [-0.2, -0.15) is 0 Å². The van der Waals surface area contributed by atoms with E-state index in [2.05, 4.69) is 11.3 Å². The molecule has 1 aromatic rings. The van der Waals surface area contributed by atoms with Gasteiger partial charge >= 0.3 is 11.9 Å². The van der Waals surface area contributed by atoms with E-state index in [1.807, 2.05) is 0 Å². The third-order valence-electron chi connectivity index (χ3n) is 2.58. The summed E-state index contributed by atoms with van der Waals surface area (Å²) in [4.78, 5) is 33.5. The Morgan fingerprint density at radius 2 is 1.90 bits per heavy atom. The van der Waals surface area contributed by atoms with Crippen LogP contribution in [0.2, 0.25) is 0 Å². The van der Waals surface area contributed by atoms with Crippen molar-refractivity contribution >= 4 is 18.2 Å². The molecule has 0 N–H and O–H groups in total. The number of hydrogen-bond acceptors (Lipinski definition) is 5. The van der Waals surface area contributed by atoms with Gasteiger partial charge < -0.3 is 9.47 Å². The van der Waals surface area contributed by atoms with Crippen molar-refractivity contribution in [3.8, 4) is 5.75 Å². The van der Waals surface area contributed by atoms with E-state index < -0.39 is 18.5 Å². The van der Waals surface area contributed by atoms with Crippen LogP contribution < -0.4 is 4.74 Å². The minimum atomic E-state index is -0.694. The molecule has 5 heteroatoms. The molecule has 0 spiro atoms. The van der Waals surface area contributed by atoms with Crippen LogP contribution in [-0.2, 0) is 14.3 Å². The number of benzene rings is 1. The van der Waals surface area contributed by atoms with Crippen LogP contribution in [0.1, 0.15) is 28.4 Å². The number of rotatable bonds is 5. The van der Waals surface area contributed by atoms with Crippen molar-refractivity contribution in [3.63, 3.8) is 0 Å². The van der Waals surface area contributed by atoms with E-state index in [0.29, 0.717) is 22.4 Å².